The normalized spacial score (nSPS) is 16.3. The first-order chi connectivity index (χ1) is 12.4. The molecule has 1 aliphatic rings. The van der Waals surface area contributed by atoms with E-state index >= 15 is 0 Å². The summed E-state index contributed by atoms with van der Waals surface area (Å²) in [6.07, 6.45) is 1.65. The van der Waals surface area contributed by atoms with Crippen LogP contribution in [0.2, 0.25) is 0 Å². The summed E-state index contributed by atoms with van der Waals surface area (Å²) in [6, 6.07) is 7.99. The van der Waals surface area contributed by atoms with Crippen molar-refractivity contribution in [1.82, 2.24) is 5.32 Å². The Labute approximate surface area is 162 Å². The molecule has 1 aromatic heterocycles. The van der Waals surface area contributed by atoms with Crippen LogP contribution >= 0.6 is 15.9 Å². The van der Waals surface area contributed by atoms with E-state index in [4.69, 9.17) is 13.9 Å². The molecule has 2 heterocycles. The second-order valence-corrected chi connectivity index (χ2v) is 7.62. The molecule has 26 heavy (non-hydrogen) atoms. The van der Waals surface area contributed by atoms with Crippen LogP contribution in [0.25, 0.3) is 0 Å². The summed E-state index contributed by atoms with van der Waals surface area (Å²) < 4.78 is 17.2. The molecule has 0 unspecified atom stereocenters. The fourth-order valence-corrected chi connectivity index (χ4v) is 4.04. The van der Waals surface area contributed by atoms with Gasteiger partial charge >= 0.3 is 0 Å². The van der Waals surface area contributed by atoms with Gasteiger partial charge in [0.25, 0.3) is 5.91 Å². The number of carbonyl (C=O) groups excluding carboxylic acids is 1. The largest absolute Gasteiger partial charge is 0.496 e. The lowest BCUT2D eigenvalue weighted by molar-refractivity contribution is 0.0476. The first-order valence-electron chi connectivity index (χ1n) is 8.72. The standard InChI is InChI=1S/C20H24BrNO4/c1-13-4-5-16(24-3)15(10-13)20(6-8-25-9-7-20)12-22-19(23)18-14(2)11-17(21)26-18/h4-5,10-11H,6-9,12H2,1-3H3,(H,22,23). The van der Waals surface area contributed by atoms with Gasteiger partial charge in [-0.05, 0) is 54.8 Å². The van der Waals surface area contributed by atoms with E-state index in [0.29, 0.717) is 30.2 Å². The molecule has 3 rings (SSSR count). The Hall–Kier alpha value is -1.79. The van der Waals surface area contributed by atoms with Gasteiger partial charge in [-0.3, -0.25) is 4.79 Å². The van der Waals surface area contributed by atoms with E-state index in [1.54, 1.807) is 13.2 Å². The first-order valence-corrected chi connectivity index (χ1v) is 9.51. The quantitative estimate of drug-likeness (QED) is 0.787. The number of methoxy groups -OCH3 is 1. The summed E-state index contributed by atoms with van der Waals surface area (Å²) in [4.78, 5) is 12.6. The summed E-state index contributed by atoms with van der Waals surface area (Å²) in [5.74, 6) is 0.990. The van der Waals surface area contributed by atoms with E-state index in [2.05, 4.69) is 34.2 Å². The fraction of sp³-hybridized carbons (Fsp3) is 0.450. The molecular formula is C20H24BrNO4. The number of nitrogens with one attached hydrogen (secondary N) is 1. The highest BCUT2D eigenvalue weighted by molar-refractivity contribution is 9.10. The number of hydrogen-bond acceptors (Lipinski definition) is 4. The maximum absolute atomic E-state index is 12.6. The van der Waals surface area contributed by atoms with Gasteiger partial charge in [0.15, 0.2) is 10.4 Å². The van der Waals surface area contributed by atoms with Gasteiger partial charge in [-0.1, -0.05) is 17.7 Å². The maximum Gasteiger partial charge on any atom is 0.287 e. The third-order valence-corrected chi connectivity index (χ3v) is 5.45. The van der Waals surface area contributed by atoms with E-state index in [1.807, 2.05) is 19.1 Å². The summed E-state index contributed by atoms with van der Waals surface area (Å²) in [7, 11) is 1.68. The summed E-state index contributed by atoms with van der Waals surface area (Å²) in [5, 5.41) is 3.07. The SMILES string of the molecule is COc1ccc(C)cc1C1(CNC(=O)c2oc(Br)cc2C)CCOCC1. The lowest BCUT2D eigenvalue weighted by atomic mass is 9.73. The minimum atomic E-state index is -0.219. The Bertz CT molecular complexity index is 793. The summed E-state index contributed by atoms with van der Waals surface area (Å²) >= 11 is 3.27. The maximum atomic E-state index is 12.6. The van der Waals surface area contributed by atoms with Crippen LogP contribution in [-0.2, 0) is 10.2 Å². The third-order valence-electron chi connectivity index (χ3n) is 5.06. The van der Waals surface area contributed by atoms with Crippen molar-refractivity contribution in [3.63, 3.8) is 0 Å². The first kappa shape index (κ1) is 19.0. The lowest BCUT2D eigenvalue weighted by Gasteiger charge is -2.38. The molecule has 0 aliphatic carbocycles. The number of amides is 1. The average molecular weight is 422 g/mol. The van der Waals surface area contributed by atoms with Crippen molar-refractivity contribution in [3.8, 4) is 5.75 Å². The zero-order valence-electron chi connectivity index (χ0n) is 15.4. The number of hydrogen-bond donors (Lipinski definition) is 1. The molecule has 1 amide bonds. The van der Waals surface area contributed by atoms with E-state index < -0.39 is 0 Å². The molecule has 1 aromatic carbocycles. The Morgan fingerprint density at radius 1 is 1.27 bits per heavy atom. The van der Waals surface area contributed by atoms with Crippen molar-refractivity contribution in [2.75, 3.05) is 26.9 Å². The lowest BCUT2D eigenvalue weighted by Crippen LogP contribution is -2.45. The van der Waals surface area contributed by atoms with Crippen LogP contribution in [0.15, 0.2) is 33.4 Å². The molecule has 0 bridgehead atoms. The second-order valence-electron chi connectivity index (χ2n) is 6.84. The molecule has 0 atom stereocenters. The van der Waals surface area contributed by atoms with Gasteiger partial charge in [0.05, 0.1) is 7.11 Å². The van der Waals surface area contributed by atoms with Crippen LogP contribution in [0.4, 0.5) is 0 Å². The monoisotopic (exact) mass is 421 g/mol. The molecule has 6 heteroatoms. The number of furan rings is 1. The molecule has 140 valence electrons. The van der Waals surface area contributed by atoms with Gasteiger partial charge in [0, 0.05) is 36.3 Å². The molecule has 0 saturated carbocycles. The number of ether oxygens (including phenoxy) is 2. The van der Waals surface area contributed by atoms with Crippen LogP contribution in [0, 0.1) is 13.8 Å². The van der Waals surface area contributed by atoms with E-state index in [1.165, 1.54) is 5.56 Å². The van der Waals surface area contributed by atoms with Gasteiger partial charge in [-0.2, -0.15) is 0 Å². The van der Waals surface area contributed by atoms with Gasteiger partial charge < -0.3 is 19.2 Å². The van der Waals surface area contributed by atoms with Gasteiger partial charge in [-0.25, -0.2) is 0 Å². The molecule has 2 aromatic rings. The van der Waals surface area contributed by atoms with Crippen molar-refractivity contribution in [2.24, 2.45) is 0 Å². The van der Waals surface area contributed by atoms with Crippen molar-refractivity contribution < 1.29 is 18.7 Å². The zero-order chi connectivity index (χ0) is 18.7. The second kappa shape index (κ2) is 7.84. The fourth-order valence-electron chi connectivity index (χ4n) is 3.54. The minimum absolute atomic E-state index is 0.203. The zero-order valence-corrected chi connectivity index (χ0v) is 16.9. The van der Waals surface area contributed by atoms with Crippen LogP contribution in [0.5, 0.6) is 5.75 Å². The molecule has 5 nitrogen and oxygen atoms in total. The molecular weight excluding hydrogens is 398 g/mol. The van der Waals surface area contributed by atoms with Gasteiger partial charge in [0.1, 0.15) is 5.75 Å². The van der Waals surface area contributed by atoms with Crippen molar-refractivity contribution in [1.29, 1.82) is 0 Å². The number of rotatable bonds is 5. The van der Waals surface area contributed by atoms with Crippen molar-refractivity contribution >= 4 is 21.8 Å². The molecule has 1 fully saturated rings. The van der Waals surface area contributed by atoms with Crippen LogP contribution in [-0.4, -0.2) is 32.8 Å². The van der Waals surface area contributed by atoms with E-state index in [-0.39, 0.29) is 11.3 Å². The number of benzene rings is 1. The Balaban J connectivity index is 1.88. The van der Waals surface area contributed by atoms with Crippen molar-refractivity contribution in [2.45, 2.75) is 32.1 Å². The highest BCUT2D eigenvalue weighted by Gasteiger charge is 2.37. The Morgan fingerprint density at radius 2 is 2.00 bits per heavy atom. The summed E-state index contributed by atoms with van der Waals surface area (Å²) in [6.45, 7) is 5.76. The molecule has 1 N–H and O–H groups in total. The highest BCUT2D eigenvalue weighted by Crippen LogP contribution is 2.40. The predicted octanol–water partition coefficient (Wildman–Crippen LogP) is 4.15. The summed E-state index contributed by atoms with van der Waals surface area (Å²) in [5.41, 5.74) is 2.89. The minimum Gasteiger partial charge on any atom is -0.496 e. The third kappa shape index (κ3) is 3.81. The molecule has 0 spiro atoms. The van der Waals surface area contributed by atoms with Crippen LogP contribution < -0.4 is 10.1 Å². The van der Waals surface area contributed by atoms with E-state index in [0.717, 1.165) is 29.7 Å². The van der Waals surface area contributed by atoms with Crippen LogP contribution in [0.3, 0.4) is 0 Å². The molecule has 1 aliphatic heterocycles. The van der Waals surface area contributed by atoms with Crippen LogP contribution in [0.1, 0.15) is 40.1 Å². The van der Waals surface area contributed by atoms with Crippen molar-refractivity contribution in [3.05, 3.63) is 51.4 Å². The Kier molecular flexibility index (Phi) is 5.73. The molecule has 0 radical (unpaired) electrons. The number of halogens is 1. The van der Waals surface area contributed by atoms with E-state index in [9.17, 15) is 4.79 Å². The number of aryl methyl sites for hydroxylation is 2. The Morgan fingerprint density at radius 3 is 2.62 bits per heavy atom. The highest BCUT2D eigenvalue weighted by atomic mass is 79.9. The molecule has 1 saturated heterocycles. The smallest absolute Gasteiger partial charge is 0.287 e. The average Bonchev–Trinajstić information content (AvgIpc) is 2.99. The van der Waals surface area contributed by atoms with Gasteiger partial charge in [0.2, 0.25) is 0 Å². The predicted molar refractivity (Wildman–Crippen MR) is 103 cm³/mol. The topological polar surface area (TPSA) is 60.7 Å². The van der Waals surface area contributed by atoms with Gasteiger partial charge in [-0.15, -0.1) is 0 Å². The number of carbonyl (C=O) groups is 1.